The molecule has 0 aliphatic carbocycles. The fourth-order valence-corrected chi connectivity index (χ4v) is 4.14. The average molecular weight is 396 g/mol. The van der Waals surface area contributed by atoms with Crippen molar-refractivity contribution < 1.29 is 14.0 Å². The Kier molecular flexibility index (Phi) is 5.30. The van der Waals surface area contributed by atoms with Gasteiger partial charge in [-0.3, -0.25) is 14.5 Å². The summed E-state index contributed by atoms with van der Waals surface area (Å²) in [6.45, 7) is 5.52. The summed E-state index contributed by atoms with van der Waals surface area (Å²) < 4.78 is 13.2. The molecule has 4 rings (SSSR count). The first-order valence-corrected chi connectivity index (χ1v) is 10.2. The summed E-state index contributed by atoms with van der Waals surface area (Å²) in [5.74, 6) is 1.31. The van der Waals surface area contributed by atoms with Crippen LogP contribution < -0.4 is 4.90 Å². The standard InChI is InChI=1S/C22H25FN4O2/c1-3-19(28)26-11-10-16(13-26)21-24-14(2)18-8-9-20(29)27(22(18)25-21)12-15-4-6-17(23)7-5-15/h4-7,16H,3,8-13H2,1-2H3/t16-/m1/s1. The van der Waals surface area contributed by atoms with Crippen LogP contribution in [0.3, 0.4) is 0 Å². The fourth-order valence-electron chi connectivity index (χ4n) is 4.14. The third-order valence-electron chi connectivity index (χ3n) is 5.82. The van der Waals surface area contributed by atoms with Gasteiger partial charge in [0.05, 0.1) is 6.54 Å². The monoisotopic (exact) mass is 396 g/mol. The van der Waals surface area contributed by atoms with Crippen molar-refractivity contribution in [1.29, 1.82) is 0 Å². The van der Waals surface area contributed by atoms with Crippen LogP contribution in [0.2, 0.25) is 0 Å². The third kappa shape index (κ3) is 3.86. The molecule has 1 atom stereocenters. The van der Waals surface area contributed by atoms with E-state index in [9.17, 15) is 14.0 Å². The number of aryl methyl sites for hydroxylation is 1. The first kappa shape index (κ1) is 19.5. The van der Waals surface area contributed by atoms with Crippen LogP contribution in [0, 0.1) is 12.7 Å². The Balaban J connectivity index is 1.64. The van der Waals surface area contributed by atoms with Crippen LogP contribution in [0.5, 0.6) is 0 Å². The number of benzene rings is 1. The summed E-state index contributed by atoms with van der Waals surface area (Å²) in [6, 6.07) is 6.19. The van der Waals surface area contributed by atoms with E-state index in [2.05, 4.69) is 0 Å². The number of hydrogen-bond acceptors (Lipinski definition) is 4. The van der Waals surface area contributed by atoms with Crippen molar-refractivity contribution in [3.8, 4) is 0 Å². The molecule has 0 saturated carbocycles. The predicted octanol–water partition coefficient (Wildman–Crippen LogP) is 3.13. The molecule has 6 nitrogen and oxygen atoms in total. The maximum Gasteiger partial charge on any atom is 0.228 e. The quantitative estimate of drug-likeness (QED) is 0.796. The maximum absolute atomic E-state index is 13.2. The van der Waals surface area contributed by atoms with Crippen molar-refractivity contribution >= 4 is 17.6 Å². The molecule has 0 N–H and O–H groups in total. The smallest absolute Gasteiger partial charge is 0.228 e. The van der Waals surface area contributed by atoms with Gasteiger partial charge in [0.2, 0.25) is 11.8 Å². The van der Waals surface area contributed by atoms with E-state index < -0.39 is 0 Å². The van der Waals surface area contributed by atoms with E-state index in [4.69, 9.17) is 9.97 Å². The third-order valence-corrected chi connectivity index (χ3v) is 5.82. The molecule has 1 aromatic carbocycles. The molecule has 2 aromatic rings. The second-order valence-electron chi connectivity index (χ2n) is 7.75. The average Bonchev–Trinajstić information content (AvgIpc) is 3.21. The van der Waals surface area contributed by atoms with Crippen molar-refractivity contribution in [2.45, 2.75) is 52.0 Å². The van der Waals surface area contributed by atoms with E-state index in [1.54, 1.807) is 17.0 Å². The Hall–Kier alpha value is -2.83. The Bertz CT molecular complexity index is 945. The van der Waals surface area contributed by atoms with Crippen molar-refractivity contribution in [3.63, 3.8) is 0 Å². The van der Waals surface area contributed by atoms with Gasteiger partial charge in [-0.05, 0) is 37.5 Å². The topological polar surface area (TPSA) is 66.4 Å². The SMILES string of the molecule is CCC(=O)N1CC[C@@H](c2nc(C)c3c(n2)N(Cc2ccc(F)cc2)C(=O)CC3)C1. The highest BCUT2D eigenvalue weighted by Crippen LogP contribution is 2.33. The normalized spacial score (nSPS) is 18.9. The summed E-state index contributed by atoms with van der Waals surface area (Å²) in [6.07, 6.45) is 2.37. The van der Waals surface area contributed by atoms with Crippen LogP contribution in [-0.4, -0.2) is 39.8 Å². The molecule has 1 saturated heterocycles. The molecular weight excluding hydrogens is 371 g/mol. The molecule has 7 heteroatoms. The Morgan fingerprint density at radius 3 is 2.69 bits per heavy atom. The highest BCUT2D eigenvalue weighted by Gasteiger charge is 2.32. The summed E-state index contributed by atoms with van der Waals surface area (Å²) in [7, 11) is 0. The lowest BCUT2D eigenvalue weighted by molar-refractivity contribution is -0.129. The van der Waals surface area contributed by atoms with Crippen LogP contribution in [-0.2, 0) is 22.6 Å². The number of rotatable bonds is 4. The van der Waals surface area contributed by atoms with Gasteiger partial charge < -0.3 is 4.90 Å². The molecule has 2 aliphatic rings. The van der Waals surface area contributed by atoms with Crippen LogP contribution in [0.1, 0.15) is 54.7 Å². The maximum atomic E-state index is 13.2. The zero-order valence-corrected chi connectivity index (χ0v) is 16.8. The molecule has 1 aromatic heterocycles. The number of amides is 2. The number of hydrogen-bond donors (Lipinski definition) is 0. The van der Waals surface area contributed by atoms with Crippen molar-refractivity contribution in [1.82, 2.24) is 14.9 Å². The second-order valence-corrected chi connectivity index (χ2v) is 7.75. The van der Waals surface area contributed by atoms with Gasteiger partial charge in [-0.1, -0.05) is 19.1 Å². The van der Waals surface area contributed by atoms with E-state index in [1.807, 2.05) is 18.7 Å². The van der Waals surface area contributed by atoms with E-state index >= 15 is 0 Å². The van der Waals surface area contributed by atoms with Gasteiger partial charge in [0.1, 0.15) is 17.5 Å². The largest absolute Gasteiger partial charge is 0.342 e. The zero-order valence-electron chi connectivity index (χ0n) is 16.8. The molecule has 29 heavy (non-hydrogen) atoms. The number of halogens is 1. The minimum atomic E-state index is -0.299. The van der Waals surface area contributed by atoms with Crippen molar-refractivity contribution in [3.05, 3.63) is 52.7 Å². The molecule has 0 bridgehead atoms. The van der Waals surface area contributed by atoms with Gasteiger partial charge in [-0.25, -0.2) is 14.4 Å². The van der Waals surface area contributed by atoms with Crippen LogP contribution in [0.4, 0.5) is 10.2 Å². The van der Waals surface area contributed by atoms with E-state index in [0.29, 0.717) is 44.0 Å². The van der Waals surface area contributed by atoms with Gasteiger partial charge in [0.15, 0.2) is 0 Å². The van der Waals surface area contributed by atoms with E-state index in [0.717, 1.165) is 29.8 Å². The number of carbonyl (C=O) groups excluding carboxylic acids is 2. The lowest BCUT2D eigenvalue weighted by Gasteiger charge is -2.30. The lowest BCUT2D eigenvalue weighted by Crippen LogP contribution is -2.36. The van der Waals surface area contributed by atoms with Gasteiger partial charge in [0, 0.05) is 43.1 Å². The molecule has 152 valence electrons. The summed E-state index contributed by atoms with van der Waals surface area (Å²) >= 11 is 0. The number of fused-ring (bicyclic) bond motifs is 1. The Labute approximate surface area is 169 Å². The molecule has 1 fully saturated rings. The number of nitrogens with zero attached hydrogens (tertiary/aromatic N) is 4. The molecule has 0 spiro atoms. The van der Waals surface area contributed by atoms with Crippen LogP contribution in [0.25, 0.3) is 0 Å². The molecule has 3 heterocycles. The minimum Gasteiger partial charge on any atom is -0.342 e. The summed E-state index contributed by atoms with van der Waals surface area (Å²) in [5.41, 5.74) is 2.74. The highest BCUT2D eigenvalue weighted by atomic mass is 19.1. The summed E-state index contributed by atoms with van der Waals surface area (Å²) in [5, 5.41) is 0. The van der Waals surface area contributed by atoms with Crippen molar-refractivity contribution in [2.24, 2.45) is 0 Å². The van der Waals surface area contributed by atoms with Crippen LogP contribution in [0.15, 0.2) is 24.3 Å². The summed E-state index contributed by atoms with van der Waals surface area (Å²) in [4.78, 5) is 37.8. The Morgan fingerprint density at radius 2 is 1.97 bits per heavy atom. The van der Waals surface area contributed by atoms with E-state index in [-0.39, 0.29) is 23.5 Å². The molecule has 0 radical (unpaired) electrons. The molecule has 0 unspecified atom stereocenters. The zero-order chi connectivity index (χ0) is 20.5. The molecule has 2 amide bonds. The second kappa shape index (κ2) is 7.89. The fraction of sp³-hybridized carbons (Fsp3) is 0.455. The molecule has 2 aliphatic heterocycles. The van der Waals surface area contributed by atoms with Gasteiger partial charge >= 0.3 is 0 Å². The van der Waals surface area contributed by atoms with E-state index in [1.165, 1.54) is 12.1 Å². The van der Waals surface area contributed by atoms with Gasteiger partial charge in [-0.2, -0.15) is 0 Å². The number of anilines is 1. The highest BCUT2D eigenvalue weighted by molar-refractivity contribution is 5.95. The lowest BCUT2D eigenvalue weighted by atomic mass is 10.0. The molecular formula is C22H25FN4O2. The number of carbonyl (C=O) groups is 2. The predicted molar refractivity (Wildman–Crippen MR) is 107 cm³/mol. The number of likely N-dealkylation sites (tertiary alicyclic amines) is 1. The first-order chi connectivity index (χ1) is 14.0. The Morgan fingerprint density at radius 1 is 1.21 bits per heavy atom. The first-order valence-electron chi connectivity index (χ1n) is 10.2. The minimum absolute atomic E-state index is 0.0140. The number of aromatic nitrogens is 2. The van der Waals surface area contributed by atoms with Gasteiger partial charge in [0.25, 0.3) is 0 Å². The van der Waals surface area contributed by atoms with Crippen molar-refractivity contribution in [2.75, 3.05) is 18.0 Å². The van der Waals surface area contributed by atoms with Gasteiger partial charge in [-0.15, -0.1) is 0 Å². The van der Waals surface area contributed by atoms with Crippen LogP contribution >= 0.6 is 0 Å².